The zero-order valence-electron chi connectivity index (χ0n) is 16.3. The maximum absolute atomic E-state index is 5.97. The van der Waals surface area contributed by atoms with Crippen molar-refractivity contribution in [3.05, 3.63) is 23.9 Å². The summed E-state index contributed by atoms with van der Waals surface area (Å²) in [6.45, 7) is 10.8. The van der Waals surface area contributed by atoms with E-state index >= 15 is 0 Å². The van der Waals surface area contributed by atoms with Crippen molar-refractivity contribution in [1.29, 1.82) is 0 Å². The van der Waals surface area contributed by atoms with Crippen LogP contribution < -0.4 is 16.0 Å². The average molecular weight is 377 g/mol. The molecule has 2 aliphatic heterocycles. The Hall–Kier alpha value is -1.90. The van der Waals surface area contributed by atoms with E-state index in [1.54, 1.807) is 0 Å². The smallest absolute Gasteiger partial charge is 0.188 e. The van der Waals surface area contributed by atoms with Crippen LogP contribution >= 0.6 is 0 Å². The maximum atomic E-state index is 5.97. The van der Waals surface area contributed by atoms with Crippen molar-refractivity contribution < 1.29 is 9.47 Å². The predicted molar refractivity (Wildman–Crippen MR) is 107 cm³/mol. The molecule has 3 heterocycles. The van der Waals surface area contributed by atoms with E-state index in [9.17, 15) is 0 Å². The molecule has 0 spiro atoms. The van der Waals surface area contributed by atoms with Crippen LogP contribution in [0.4, 0.5) is 5.82 Å². The number of aliphatic imine (C=N–C) groups is 1. The lowest BCUT2D eigenvalue weighted by molar-refractivity contribution is 0.0376. The SMILES string of the molecule is CC1CN(c2ccc(CN=C(N)NCCCN3CCOCC3)cn2)CCO1. The van der Waals surface area contributed by atoms with Crippen LogP contribution in [0.3, 0.4) is 0 Å². The van der Waals surface area contributed by atoms with Crippen molar-refractivity contribution in [3.8, 4) is 0 Å². The van der Waals surface area contributed by atoms with Crippen molar-refractivity contribution >= 4 is 11.8 Å². The summed E-state index contributed by atoms with van der Waals surface area (Å²) in [5, 5.41) is 3.19. The number of pyridine rings is 1. The Labute approximate surface area is 161 Å². The van der Waals surface area contributed by atoms with Gasteiger partial charge in [0, 0.05) is 38.9 Å². The van der Waals surface area contributed by atoms with Crippen LogP contribution in [0, 0.1) is 0 Å². The van der Waals surface area contributed by atoms with E-state index in [-0.39, 0.29) is 6.10 Å². The molecule has 1 aromatic heterocycles. The number of guanidine groups is 1. The molecule has 0 aliphatic carbocycles. The van der Waals surface area contributed by atoms with Crippen molar-refractivity contribution in [2.75, 3.05) is 64.0 Å². The van der Waals surface area contributed by atoms with Crippen LogP contribution in [-0.2, 0) is 16.0 Å². The summed E-state index contributed by atoms with van der Waals surface area (Å²) < 4.78 is 10.9. The van der Waals surface area contributed by atoms with E-state index in [2.05, 4.69) is 44.1 Å². The molecule has 0 aromatic carbocycles. The number of hydrogen-bond donors (Lipinski definition) is 2. The molecule has 0 saturated carbocycles. The van der Waals surface area contributed by atoms with Gasteiger partial charge in [-0.2, -0.15) is 0 Å². The van der Waals surface area contributed by atoms with E-state index in [1.807, 2.05) is 6.20 Å². The molecule has 1 aromatic rings. The third kappa shape index (κ3) is 6.64. The molecule has 150 valence electrons. The second kappa shape index (κ2) is 10.4. The van der Waals surface area contributed by atoms with Crippen LogP contribution in [0.5, 0.6) is 0 Å². The second-order valence-corrected chi connectivity index (χ2v) is 7.09. The summed E-state index contributed by atoms with van der Waals surface area (Å²) in [5.74, 6) is 1.48. The monoisotopic (exact) mass is 376 g/mol. The number of nitrogens with one attached hydrogen (secondary N) is 1. The van der Waals surface area contributed by atoms with Gasteiger partial charge in [0.05, 0.1) is 32.5 Å². The first kappa shape index (κ1) is 19.9. The Morgan fingerprint density at radius 1 is 1.30 bits per heavy atom. The molecular weight excluding hydrogens is 344 g/mol. The molecule has 0 radical (unpaired) electrons. The fraction of sp³-hybridized carbons (Fsp3) is 0.684. The van der Waals surface area contributed by atoms with Crippen LogP contribution in [0.2, 0.25) is 0 Å². The number of nitrogens with two attached hydrogens (primary N) is 1. The Morgan fingerprint density at radius 3 is 2.89 bits per heavy atom. The summed E-state index contributed by atoms with van der Waals surface area (Å²) in [4.78, 5) is 13.6. The highest BCUT2D eigenvalue weighted by Gasteiger charge is 2.17. The van der Waals surface area contributed by atoms with Gasteiger partial charge in [0.2, 0.25) is 0 Å². The van der Waals surface area contributed by atoms with Crippen molar-refractivity contribution in [3.63, 3.8) is 0 Å². The van der Waals surface area contributed by atoms with E-state index in [0.717, 1.165) is 76.9 Å². The van der Waals surface area contributed by atoms with Crippen LogP contribution in [0.25, 0.3) is 0 Å². The lowest BCUT2D eigenvalue weighted by Gasteiger charge is -2.32. The highest BCUT2D eigenvalue weighted by molar-refractivity contribution is 5.77. The fourth-order valence-electron chi connectivity index (χ4n) is 3.30. The molecule has 3 rings (SSSR count). The number of anilines is 1. The number of aromatic nitrogens is 1. The summed E-state index contributed by atoms with van der Waals surface area (Å²) >= 11 is 0. The lowest BCUT2D eigenvalue weighted by Crippen LogP contribution is -2.41. The fourth-order valence-corrected chi connectivity index (χ4v) is 3.30. The first-order chi connectivity index (χ1) is 13.2. The summed E-state index contributed by atoms with van der Waals surface area (Å²) in [6.07, 6.45) is 3.17. The Bertz CT molecular complexity index is 588. The third-order valence-electron chi connectivity index (χ3n) is 4.87. The normalized spacial score (nSPS) is 22.0. The number of morpholine rings is 2. The van der Waals surface area contributed by atoms with Crippen LogP contribution in [-0.4, -0.2) is 81.0 Å². The van der Waals surface area contributed by atoms with E-state index in [1.165, 1.54) is 0 Å². The van der Waals surface area contributed by atoms with Gasteiger partial charge in [-0.15, -0.1) is 0 Å². The number of rotatable bonds is 7. The van der Waals surface area contributed by atoms with Crippen LogP contribution in [0.1, 0.15) is 18.9 Å². The minimum Gasteiger partial charge on any atom is -0.379 e. The third-order valence-corrected chi connectivity index (χ3v) is 4.87. The van der Waals surface area contributed by atoms with Crippen LogP contribution in [0.15, 0.2) is 23.3 Å². The molecule has 1 atom stereocenters. The van der Waals surface area contributed by atoms with Crippen molar-refractivity contribution in [1.82, 2.24) is 15.2 Å². The highest BCUT2D eigenvalue weighted by Crippen LogP contribution is 2.15. The predicted octanol–water partition coefficient (Wildman–Crippen LogP) is 0.433. The zero-order valence-corrected chi connectivity index (χ0v) is 16.3. The molecule has 0 amide bonds. The summed E-state index contributed by atoms with van der Waals surface area (Å²) in [5.41, 5.74) is 7.02. The topological polar surface area (TPSA) is 88.2 Å². The van der Waals surface area contributed by atoms with Gasteiger partial charge in [-0.25, -0.2) is 9.98 Å². The average Bonchev–Trinajstić information content (AvgIpc) is 2.71. The Morgan fingerprint density at radius 2 is 2.15 bits per heavy atom. The second-order valence-electron chi connectivity index (χ2n) is 7.09. The quantitative estimate of drug-likeness (QED) is 0.405. The van der Waals surface area contributed by atoms with Gasteiger partial charge in [-0.05, 0) is 31.5 Å². The minimum atomic E-state index is 0.249. The Balaban J connectivity index is 1.36. The minimum absolute atomic E-state index is 0.249. The summed E-state index contributed by atoms with van der Waals surface area (Å²) in [7, 11) is 0. The molecule has 8 heteroatoms. The molecule has 0 bridgehead atoms. The lowest BCUT2D eigenvalue weighted by atomic mass is 10.2. The van der Waals surface area contributed by atoms with Gasteiger partial charge < -0.3 is 25.4 Å². The Kier molecular flexibility index (Phi) is 7.67. The molecule has 8 nitrogen and oxygen atoms in total. The van der Waals surface area contributed by atoms with Crippen molar-refractivity contribution in [2.24, 2.45) is 10.7 Å². The standard InChI is InChI=1S/C19H32N6O2/c1-16-15-25(9-12-27-16)18-4-3-17(13-22-18)14-23-19(20)21-5-2-6-24-7-10-26-11-8-24/h3-4,13,16H,2,5-12,14-15H2,1H3,(H3,20,21,23). The number of nitrogens with zero attached hydrogens (tertiary/aromatic N) is 4. The van der Waals surface area contributed by atoms with Gasteiger partial charge in [0.25, 0.3) is 0 Å². The molecule has 1 unspecified atom stereocenters. The first-order valence-electron chi connectivity index (χ1n) is 9.86. The number of ether oxygens (including phenoxy) is 2. The van der Waals surface area contributed by atoms with Gasteiger partial charge in [0.1, 0.15) is 5.82 Å². The molecule has 27 heavy (non-hydrogen) atoms. The molecular formula is C19H32N6O2. The molecule has 2 saturated heterocycles. The van der Waals surface area contributed by atoms with Gasteiger partial charge >= 0.3 is 0 Å². The number of hydrogen-bond acceptors (Lipinski definition) is 6. The first-order valence-corrected chi connectivity index (χ1v) is 9.86. The molecule has 2 aliphatic rings. The van der Waals surface area contributed by atoms with E-state index in [0.29, 0.717) is 12.5 Å². The van der Waals surface area contributed by atoms with Gasteiger partial charge in [0.15, 0.2) is 5.96 Å². The van der Waals surface area contributed by atoms with Crippen molar-refractivity contribution in [2.45, 2.75) is 26.0 Å². The maximum Gasteiger partial charge on any atom is 0.188 e. The highest BCUT2D eigenvalue weighted by atomic mass is 16.5. The van der Waals surface area contributed by atoms with E-state index in [4.69, 9.17) is 15.2 Å². The van der Waals surface area contributed by atoms with E-state index < -0.39 is 0 Å². The largest absolute Gasteiger partial charge is 0.379 e. The van der Waals surface area contributed by atoms with Gasteiger partial charge in [-0.1, -0.05) is 6.07 Å². The zero-order chi connectivity index (χ0) is 18.9. The van der Waals surface area contributed by atoms with Gasteiger partial charge in [-0.3, -0.25) is 4.90 Å². The molecule has 2 fully saturated rings. The molecule has 3 N–H and O–H groups in total. The summed E-state index contributed by atoms with van der Waals surface area (Å²) in [6, 6.07) is 4.12.